The van der Waals surface area contributed by atoms with Crippen LogP contribution in [0.2, 0.25) is 0 Å². The van der Waals surface area contributed by atoms with Crippen LogP contribution in [0.4, 0.5) is 0 Å². The van der Waals surface area contributed by atoms with E-state index in [0.29, 0.717) is 29.4 Å². The van der Waals surface area contributed by atoms with E-state index < -0.39 is 0 Å². The Kier molecular flexibility index (Phi) is 4.57. The van der Waals surface area contributed by atoms with Crippen molar-refractivity contribution in [3.05, 3.63) is 65.7 Å². The van der Waals surface area contributed by atoms with Gasteiger partial charge >= 0.3 is 0 Å². The molecule has 1 aliphatic rings. The number of benzene rings is 2. The number of nitrogens with zero attached hydrogens (tertiary/aromatic N) is 2. The highest BCUT2D eigenvalue weighted by Crippen LogP contribution is 2.32. The Morgan fingerprint density at radius 1 is 1.04 bits per heavy atom. The number of aromatic nitrogens is 2. The second kappa shape index (κ2) is 7.33. The fraction of sp³-hybridized carbons (Fsp3) is 0.150. The van der Waals surface area contributed by atoms with Crippen molar-refractivity contribution in [2.45, 2.75) is 6.54 Å². The molecule has 0 atom stereocenters. The lowest BCUT2D eigenvalue weighted by atomic mass is 10.1. The molecule has 3 aromatic rings. The summed E-state index contributed by atoms with van der Waals surface area (Å²) in [5, 5.41) is 11.0. The molecule has 136 valence electrons. The van der Waals surface area contributed by atoms with Gasteiger partial charge in [0.2, 0.25) is 12.7 Å². The minimum absolute atomic E-state index is 0.153. The number of rotatable bonds is 5. The SMILES string of the molecule is COc1ccc(-c2ccc(C(=O)NCc3ccc4c(c3)OCO4)cc2)nn1. The topological polar surface area (TPSA) is 82.6 Å². The number of ether oxygens (including phenoxy) is 3. The first-order valence-electron chi connectivity index (χ1n) is 8.38. The Labute approximate surface area is 155 Å². The molecule has 4 rings (SSSR count). The minimum Gasteiger partial charge on any atom is -0.480 e. The normalized spacial score (nSPS) is 11.9. The quantitative estimate of drug-likeness (QED) is 0.751. The van der Waals surface area contributed by atoms with Gasteiger partial charge in [-0.1, -0.05) is 18.2 Å². The molecule has 0 unspecified atom stereocenters. The van der Waals surface area contributed by atoms with Crippen molar-refractivity contribution >= 4 is 5.91 Å². The Balaban J connectivity index is 1.40. The number of methoxy groups -OCH3 is 1. The minimum atomic E-state index is -0.153. The monoisotopic (exact) mass is 363 g/mol. The highest BCUT2D eigenvalue weighted by molar-refractivity contribution is 5.94. The summed E-state index contributed by atoms with van der Waals surface area (Å²) in [5.74, 6) is 1.73. The number of nitrogens with one attached hydrogen (secondary N) is 1. The van der Waals surface area contributed by atoms with Crippen LogP contribution in [0.25, 0.3) is 11.3 Å². The predicted molar refractivity (Wildman–Crippen MR) is 97.8 cm³/mol. The lowest BCUT2D eigenvalue weighted by Crippen LogP contribution is -2.22. The molecule has 1 N–H and O–H groups in total. The van der Waals surface area contributed by atoms with E-state index >= 15 is 0 Å². The number of carbonyl (C=O) groups excluding carboxylic acids is 1. The van der Waals surface area contributed by atoms with Crippen LogP contribution in [0.15, 0.2) is 54.6 Å². The maximum absolute atomic E-state index is 12.4. The summed E-state index contributed by atoms with van der Waals surface area (Å²) in [7, 11) is 1.54. The van der Waals surface area contributed by atoms with Crippen molar-refractivity contribution in [1.29, 1.82) is 0 Å². The van der Waals surface area contributed by atoms with Gasteiger partial charge in [0.25, 0.3) is 5.91 Å². The van der Waals surface area contributed by atoms with Crippen molar-refractivity contribution in [1.82, 2.24) is 15.5 Å². The molecule has 2 aromatic carbocycles. The Hall–Kier alpha value is -3.61. The first-order chi connectivity index (χ1) is 13.2. The molecule has 1 amide bonds. The van der Waals surface area contributed by atoms with Gasteiger partial charge in [-0.2, -0.15) is 0 Å². The van der Waals surface area contributed by atoms with E-state index in [1.807, 2.05) is 36.4 Å². The van der Waals surface area contributed by atoms with Crippen LogP contribution < -0.4 is 19.5 Å². The van der Waals surface area contributed by atoms with Crippen molar-refractivity contribution in [2.75, 3.05) is 13.9 Å². The van der Waals surface area contributed by atoms with Gasteiger partial charge in [-0.25, -0.2) is 0 Å². The van der Waals surface area contributed by atoms with E-state index in [4.69, 9.17) is 14.2 Å². The third-order valence-electron chi connectivity index (χ3n) is 4.18. The molecule has 2 heterocycles. The van der Waals surface area contributed by atoms with Crippen molar-refractivity contribution < 1.29 is 19.0 Å². The molecular weight excluding hydrogens is 346 g/mol. The van der Waals surface area contributed by atoms with E-state index in [1.54, 1.807) is 25.3 Å². The molecule has 1 aliphatic heterocycles. The lowest BCUT2D eigenvalue weighted by molar-refractivity contribution is 0.0951. The molecule has 0 saturated carbocycles. The van der Waals surface area contributed by atoms with Gasteiger partial charge in [0.1, 0.15) is 0 Å². The summed E-state index contributed by atoms with van der Waals surface area (Å²) in [6, 6.07) is 16.4. The summed E-state index contributed by atoms with van der Waals surface area (Å²) >= 11 is 0. The summed E-state index contributed by atoms with van der Waals surface area (Å²) in [6.45, 7) is 0.636. The average molecular weight is 363 g/mol. The van der Waals surface area contributed by atoms with Crippen molar-refractivity contribution in [2.24, 2.45) is 0 Å². The van der Waals surface area contributed by atoms with Gasteiger partial charge in [0, 0.05) is 23.7 Å². The van der Waals surface area contributed by atoms with E-state index in [9.17, 15) is 4.79 Å². The first kappa shape index (κ1) is 16.8. The number of carbonyl (C=O) groups is 1. The van der Waals surface area contributed by atoms with E-state index in [2.05, 4.69) is 15.5 Å². The first-order valence-corrected chi connectivity index (χ1v) is 8.38. The summed E-state index contributed by atoms with van der Waals surface area (Å²) < 4.78 is 15.6. The van der Waals surface area contributed by atoms with Crippen LogP contribution in [0.5, 0.6) is 17.4 Å². The smallest absolute Gasteiger partial charge is 0.251 e. The fourth-order valence-corrected chi connectivity index (χ4v) is 2.71. The summed E-state index contributed by atoms with van der Waals surface area (Å²) in [4.78, 5) is 12.4. The van der Waals surface area contributed by atoms with E-state index in [1.165, 1.54) is 0 Å². The molecule has 0 fully saturated rings. The van der Waals surface area contributed by atoms with Crippen molar-refractivity contribution in [3.63, 3.8) is 0 Å². The van der Waals surface area contributed by atoms with Crippen molar-refractivity contribution in [3.8, 4) is 28.6 Å². The summed E-state index contributed by atoms with van der Waals surface area (Å²) in [5.41, 5.74) is 3.10. The third-order valence-corrected chi connectivity index (χ3v) is 4.18. The molecular formula is C20H17N3O4. The maximum Gasteiger partial charge on any atom is 0.251 e. The number of amides is 1. The van der Waals surface area contributed by atoms with Crippen LogP contribution in [0, 0.1) is 0 Å². The second-order valence-electron chi connectivity index (χ2n) is 5.91. The zero-order chi connectivity index (χ0) is 18.6. The average Bonchev–Trinajstić information content (AvgIpc) is 3.20. The molecule has 0 bridgehead atoms. The molecule has 1 aromatic heterocycles. The van der Waals surface area contributed by atoms with Crippen LogP contribution in [-0.4, -0.2) is 30.0 Å². The van der Waals surface area contributed by atoms with Gasteiger partial charge in [0.15, 0.2) is 11.5 Å². The predicted octanol–water partition coefficient (Wildman–Crippen LogP) is 2.81. The zero-order valence-corrected chi connectivity index (χ0v) is 14.6. The maximum atomic E-state index is 12.4. The third kappa shape index (κ3) is 3.67. The highest BCUT2D eigenvalue weighted by atomic mass is 16.7. The van der Waals surface area contributed by atoms with Gasteiger partial charge in [0.05, 0.1) is 12.8 Å². The number of fused-ring (bicyclic) bond motifs is 1. The van der Waals surface area contributed by atoms with E-state index in [0.717, 1.165) is 16.9 Å². The fourth-order valence-electron chi connectivity index (χ4n) is 2.71. The van der Waals surface area contributed by atoms with Crippen LogP contribution in [-0.2, 0) is 6.54 Å². The van der Waals surface area contributed by atoms with Gasteiger partial charge in [-0.05, 0) is 35.9 Å². The molecule has 27 heavy (non-hydrogen) atoms. The molecule has 7 heteroatoms. The van der Waals surface area contributed by atoms with Crippen LogP contribution >= 0.6 is 0 Å². The zero-order valence-electron chi connectivity index (χ0n) is 14.6. The Morgan fingerprint density at radius 3 is 2.59 bits per heavy atom. The Bertz CT molecular complexity index is 956. The van der Waals surface area contributed by atoms with Gasteiger partial charge in [-0.15, -0.1) is 10.2 Å². The Morgan fingerprint density at radius 2 is 1.85 bits per heavy atom. The van der Waals surface area contributed by atoms with Crippen LogP contribution in [0.3, 0.4) is 0 Å². The largest absolute Gasteiger partial charge is 0.480 e. The lowest BCUT2D eigenvalue weighted by Gasteiger charge is -2.07. The van der Waals surface area contributed by atoms with Crippen LogP contribution in [0.1, 0.15) is 15.9 Å². The second-order valence-corrected chi connectivity index (χ2v) is 5.91. The molecule has 0 spiro atoms. The molecule has 7 nitrogen and oxygen atoms in total. The van der Waals surface area contributed by atoms with Gasteiger partial charge < -0.3 is 19.5 Å². The number of hydrogen-bond donors (Lipinski definition) is 1. The van der Waals surface area contributed by atoms with E-state index in [-0.39, 0.29) is 12.7 Å². The number of hydrogen-bond acceptors (Lipinski definition) is 6. The highest BCUT2D eigenvalue weighted by Gasteiger charge is 2.13. The molecule has 0 saturated heterocycles. The molecule has 0 aliphatic carbocycles. The van der Waals surface area contributed by atoms with Gasteiger partial charge in [-0.3, -0.25) is 4.79 Å². The molecule has 0 radical (unpaired) electrons. The summed E-state index contributed by atoms with van der Waals surface area (Å²) in [6.07, 6.45) is 0. The standard InChI is InChI=1S/C20H17N3O4/c1-25-19-9-7-16(22-23-19)14-3-5-15(6-4-14)20(24)21-11-13-2-8-17-18(10-13)27-12-26-17/h2-10H,11-12H2,1H3,(H,21,24).